The van der Waals surface area contributed by atoms with E-state index in [1.54, 1.807) is 0 Å². The van der Waals surface area contributed by atoms with Crippen molar-refractivity contribution in [3.8, 4) is 0 Å². The van der Waals surface area contributed by atoms with Crippen molar-refractivity contribution in [2.24, 2.45) is 5.92 Å². The lowest BCUT2D eigenvalue weighted by Gasteiger charge is -2.51. The predicted octanol–water partition coefficient (Wildman–Crippen LogP) is 2.70. The summed E-state index contributed by atoms with van der Waals surface area (Å²) in [7, 11) is 0. The molecule has 4 heterocycles. The maximum atomic E-state index is 13.7. The molecule has 1 aliphatic carbocycles. The molecule has 1 aromatic heterocycles. The number of amides is 1. The lowest BCUT2D eigenvalue weighted by molar-refractivity contribution is -0.938. The Balaban J connectivity index is 1.19. The zero-order valence-corrected chi connectivity index (χ0v) is 19.5. The van der Waals surface area contributed by atoms with Crippen molar-refractivity contribution in [1.29, 1.82) is 0 Å². The molecule has 2 bridgehead atoms. The van der Waals surface area contributed by atoms with Gasteiger partial charge in [-0.1, -0.05) is 48.5 Å². The Kier molecular flexibility index (Phi) is 5.53. The van der Waals surface area contributed by atoms with Crippen molar-refractivity contribution in [2.75, 3.05) is 31.5 Å². The van der Waals surface area contributed by atoms with Gasteiger partial charge in [-0.3, -0.25) is 14.9 Å². The lowest BCUT2D eigenvalue weighted by Crippen LogP contribution is -2.66. The Morgan fingerprint density at radius 1 is 0.943 bits per heavy atom. The van der Waals surface area contributed by atoms with Crippen LogP contribution in [0, 0.1) is 5.92 Å². The molecule has 0 saturated carbocycles. The molecule has 3 aromatic rings. The lowest BCUT2D eigenvalue weighted by atomic mass is 9.78. The molecule has 1 atom stereocenters. The van der Waals surface area contributed by atoms with Crippen LogP contribution in [0.1, 0.15) is 41.0 Å². The van der Waals surface area contributed by atoms with Gasteiger partial charge in [0.1, 0.15) is 25.1 Å². The smallest absolute Gasteiger partial charge is 0.318 e. The fourth-order valence-corrected chi connectivity index (χ4v) is 6.15. The quantitative estimate of drug-likeness (QED) is 0.455. The highest BCUT2D eigenvalue weighted by molar-refractivity contribution is 5.89. The molecule has 7 rings (SSSR count). The molecule has 0 radical (unpaired) electrons. The van der Waals surface area contributed by atoms with Crippen LogP contribution in [0.4, 0.5) is 5.95 Å². The first-order valence-corrected chi connectivity index (χ1v) is 12.2. The van der Waals surface area contributed by atoms with Gasteiger partial charge in [0, 0.05) is 18.8 Å². The summed E-state index contributed by atoms with van der Waals surface area (Å²) >= 11 is 0. The first kappa shape index (κ1) is 21.9. The molecule has 3 saturated heterocycles. The van der Waals surface area contributed by atoms with Crippen LogP contribution in [-0.4, -0.2) is 63.6 Å². The first-order valence-electron chi connectivity index (χ1n) is 12.2. The van der Waals surface area contributed by atoms with Gasteiger partial charge in [0.2, 0.25) is 5.95 Å². The molecule has 178 valence electrons. The fourth-order valence-electron chi connectivity index (χ4n) is 6.15. The number of rotatable bonds is 5. The van der Waals surface area contributed by atoms with Crippen molar-refractivity contribution in [3.05, 3.63) is 83.4 Å². The van der Waals surface area contributed by atoms with Gasteiger partial charge in [-0.15, -0.1) is 0 Å². The Morgan fingerprint density at radius 3 is 2.23 bits per heavy atom. The molecule has 1 amide bonds. The zero-order valence-electron chi connectivity index (χ0n) is 19.5. The van der Waals surface area contributed by atoms with Gasteiger partial charge in [-0.2, -0.15) is 0 Å². The molecule has 4 aliphatic rings. The number of nitrogens with one attached hydrogen (secondary N) is 1. The summed E-state index contributed by atoms with van der Waals surface area (Å²) in [6, 6.07) is 16.3. The van der Waals surface area contributed by atoms with E-state index >= 15 is 0 Å². The van der Waals surface area contributed by atoms with Crippen molar-refractivity contribution in [1.82, 2.24) is 15.0 Å². The summed E-state index contributed by atoms with van der Waals surface area (Å²) < 4.78 is 6.91. The molecule has 3 fully saturated rings. The van der Waals surface area contributed by atoms with Crippen LogP contribution in [0.5, 0.6) is 0 Å². The van der Waals surface area contributed by atoms with Crippen LogP contribution >= 0.6 is 0 Å². The molecule has 3 aliphatic heterocycles. The van der Waals surface area contributed by atoms with E-state index in [1.165, 1.54) is 23.8 Å². The monoisotopic (exact) mass is 470 g/mol. The second-order valence-corrected chi connectivity index (χ2v) is 9.96. The van der Waals surface area contributed by atoms with E-state index < -0.39 is 5.92 Å². The Labute approximate surface area is 204 Å². The highest BCUT2D eigenvalue weighted by Gasteiger charge is 2.49. The average molecular weight is 471 g/mol. The predicted molar refractivity (Wildman–Crippen MR) is 128 cm³/mol. The summed E-state index contributed by atoms with van der Waals surface area (Å²) in [5.41, 5.74) is 4.44. The molecule has 2 aromatic carbocycles. The molecule has 0 spiro atoms. The normalized spacial score (nSPS) is 24.8. The number of esters is 1. The molecule has 1 unspecified atom stereocenters. The van der Waals surface area contributed by atoms with Gasteiger partial charge >= 0.3 is 5.97 Å². The first-order chi connectivity index (χ1) is 17.1. The highest BCUT2D eigenvalue weighted by Crippen LogP contribution is 2.40. The number of hydrogen-bond acceptors (Lipinski definition) is 6. The largest absolute Gasteiger partial charge is 0.455 e. The number of fused-ring (bicyclic) bond motifs is 5. The molecule has 8 heteroatoms. The third kappa shape index (κ3) is 4.18. The minimum atomic E-state index is -0.410. The maximum Gasteiger partial charge on any atom is 0.318 e. The van der Waals surface area contributed by atoms with E-state index in [0.717, 1.165) is 43.5 Å². The van der Waals surface area contributed by atoms with Gasteiger partial charge in [-0.05, 0) is 28.7 Å². The number of quaternary nitrogens is 1. The van der Waals surface area contributed by atoms with Gasteiger partial charge < -0.3 is 9.22 Å². The zero-order chi connectivity index (χ0) is 23.8. The molecular weight excluding hydrogens is 442 g/mol. The second-order valence-electron chi connectivity index (χ2n) is 9.96. The van der Waals surface area contributed by atoms with E-state index in [0.29, 0.717) is 23.5 Å². The molecule has 1 N–H and O–H groups in total. The van der Waals surface area contributed by atoms with Crippen LogP contribution in [0.25, 0.3) is 0 Å². The number of anilines is 1. The van der Waals surface area contributed by atoms with Crippen molar-refractivity contribution in [2.45, 2.75) is 31.3 Å². The minimum Gasteiger partial charge on any atom is -0.455 e. The van der Waals surface area contributed by atoms with Crippen LogP contribution in [-0.2, 0) is 20.7 Å². The molecular formula is C27H28N5O3+. The molecule has 8 nitrogen and oxygen atoms in total. The topological polar surface area (TPSA) is 94.1 Å². The van der Waals surface area contributed by atoms with Crippen LogP contribution < -0.4 is 5.32 Å². The van der Waals surface area contributed by atoms with Crippen LogP contribution in [0.15, 0.2) is 61.2 Å². The average Bonchev–Trinajstić information content (AvgIpc) is 2.88. The number of carbonyl (C=O) groups excluding carboxylic acids is 2. The number of aromatic nitrogens is 3. The summed E-state index contributed by atoms with van der Waals surface area (Å²) in [5.74, 6) is -0.118. The van der Waals surface area contributed by atoms with E-state index in [1.807, 2.05) is 36.4 Å². The van der Waals surface area contributed by atoms with E-state index in [4.69, 9.17) is 4.74 Å². The SMILES string of the molecule is O=C(C[N+]12CCC(CC1)C(OC(=O)C1c3ccccc3Cc3ccccc31)C2)Nc1ncncn1. The van der Waals surface area contributed by atoms with Crippen molar-refractivity contribution >= 4 is 17.8 Å². The third-order valence-corrected chi connectivity index (χ3v) is 7.88. The number of piperidine rings is 3. The molecule has 35 heavy (non-hydrogen) atoms. The number of nitrogens with zero attached hydrogens (tertiary/aromatic N) is 4. The Hall–Kier alpha value is -3.65. The Bertz CT molecular complexity index is 1210. The Morgan fingerprint density at radius 2 is 1.57 bits per heavy atom. The minimum absolute atomic E-state index is 0.128. The highest BCUT2D eigenvalue weighted by atomic mass is 16.5. The van der Waals surface area contributed by atoms with E-state index in [9.17, 15) is 9.59 Å². The summed E-state index contributed by atoms with van der Waals surface area (Å²) in [4.78, 5) is 38.2. The van der Waals surface area contributed by atoms with E-state index in [-0.39, 0.29) is 23.9 Å². The van der Waals surface area contributed by atoms with Gasteiger partial charge in [0.25, 0.3) is 5.91 Å². The van der Waals surface area contributed by atoms with Crippen molar-refractivity contribution < 1.29 is 18.8 Å². The van der Waals surface area contributed by atoms with Crippen LogP contribution in [0.2, 0.25) is 0 Å². The summed E-state index contributed by atoms with van der Waals surface area (Å²) in [6.45, 7) is 2.81. The maximum absolute atomic E-state index is 13.7. The summed E-state index contributed by atoms with van der Waals surface area (Å²) in [5, 5.41) is 2.77. The van der Waals surface area contributed by atoms with E-state index in [2.05, 4.69) is 32.4 Å². The fraction of sp³-hybridized carbons (Fsp3) is 0.370. The second kappa shape index (κ2) is 8.85. The number of benzene rings is 2. The number of ether oxygens (including phenoxy) is 1. The van der Waals surface area contributed by atoms with Crippen LogP contribution in [0.3, 0.4) is 0 Å². The third-order valence-electron chi connectivity index (χ3n) is 7.88. The number of carbonyl (C=O) groups is 2. The number of hydrogen-bond donors (Lipinski definition) is 1. The van der Waals surface area contributed by atoms with Gasteiger partial charge in [-0.25, -0.2) is 15.0 Å². The standard InChI is InChI=1S/C27H27N5O3/c33-24(31-27-29-16-28-17-30-27)15-32-11-9-18(10-12-32)23(14-32)35-26(34)25-21-7-3-1-5-19(21)13-20-6-2-4-8-22(20)25/h1-8,16-18,23,25H,9-15H2/p+1. The summed E-state index contributed by atoms with van der Waals surface area (Å²) in [6.07, 6.45) is 5.27. The van der Waals surface area contributed by atoms with Gasteiger partial charge in [0.05, 0.1) is 13.1 Å². The van der Waals surface area contributed by atoms with Crippen molar-refractivity contribution in [3.63, 3.8) is 0 Å². The van der Waals surface area contributed by atoms with Gasteiger partial charge in [0.15, 0.2) is 12.6 Å².